The summed E-state index contributed by atoms with van der Waals surface area (Å²) < 4.78 is 10.6. The van der Waals surface area contributed by atoms with Gasteiger partial charge in [-0.25, -0.2) is 9.59 Å². The van der Waals surface area contributed by atoms with Crippen LogP contribution in [0.4, 0.5) is 4.79 Å². The molecule has 1 heterocycles. The Balaban J connectivity index is 2.10. The van der Waals surface area contributed by atoms with Gasteiger partial charge in [-0.1, -0.05) is 13.8 Å². The molecule has 1 rings (SSSR count). The smallest absolute Gasteiger partial charge is 0.329 e. The molecular formula is C13H24N2O5. The monoisotopic (exact) mass is 288 g/mol. The Labute approximate surface area is 119 Å². The molecule has 116 valence electrons. The van der Waals surface area contributed by atoms with E-state index in [-0.39, 0.29) is 12.6 Å². The first kappa shape index (κ1) is 16.7. The van der Waals surface area contributed by atoms with Gasteiger partial charge < -0.3 is 24.8 Å². The lowest BCUT2D eigenvalue weighted by Crippen LogP contribution is -2.65. The van der Waals surface area contributed by atoms with E-state index in [9.17, 15) is 9.59 Å². The molecule has 0 spiro atoms. The lowest BCUT2D eigenvalue weighted by Gasteiger charge is -2.46. The summed E-state index contributed by atoms with van der Waals surface area (Å²) in [4.78, 5) is 23.7. The van der Waals surface area contributed by atoms with Crippen molar-refractivity contribution in [3.63, 3.8) is 0 Å². The molecule has 2 N–H and O–H groups in total. The Bertz CT molecular complexity index is 340. The van der Waals surface area contributed by atoms with Crippen molar-refractivity contribution in [3.05, 3.63) is 0 Å². The van der Waals surface area contributed by atoms with Crippen molar-refractivity contribution >= 4 is 12.0 Å². The van der Waals surface area contributed by atoms with Crippen molar-refractivity contribution in [3.8, 4) is 0 Å². The predicted octanol–water partition coefficient (Wildman–Crippen LogP) is 0.544. The van der Waals surface area contributed by atoms with Gasteiger partial charge in [0.2, 0.25) is 0 Å². The zero-order valence-electron chi connectivity index (χ0n) is 12.3. The van der Waals surface area contributed by atoms with Crippen molar-refractivity contribution in [1.29, 1.82) is 0 Å². The maximum atomic E-state index is 11.7. The molecule has 0 saturated carbocycles. The van der Waals surface area contributed by atoms with E-state index in [1.807, 2.05) is 0 Å². The molecule has 1 aliphatic heterocycles. The number of hydrogen-bond donors (Lipinski definition) is 2. The number of amides is 2. The Morgan fingerprint density at radius 3 is 2.60 bits per heavy atom. The summed E-state index contributed by atoms with van der Waals surface area (Å²) in [7, 11) is 0. The molecular weight excluding hydrogens is 264 g/mol. The second-order valence-corrected chi connectivity index (χ2v) is 5.69. The third kappa shape index (κ3) is 5.75. The quantitative estimate of drug-likeness (QED) is 0.637. The van der Waals surface area contributed by atoms with Gasteiger partial charge in [0.05, 0.1) is 19.7 Å². The second kappa shape index (κ2) is 7.44. The number of urea groups is 1. The van der Waals surface area contributed by atoms with Gasteiger partial charge in [-0.15, -0.1) is 0 Å². The Morgan fingerprint density at radius 2 is 2.05 bits per heavy atom. The third-order valence-corrected chi connectivity index (χ3v) is 2.86. The molecule has 7 nitrogen and oxygen atoms in total. The molecule has 0 aliphatic carbocycles. The number of carbonyl (C=O) groups excluding carboxylic acids is 1. The molecule has 2 amide bonds. The number of hydrogen-bond acceptors (Lipinski definition) is 4. The summed E-state index contributed by atoms with van der Waals surface area (Å²) in [6, 6.07) is -0.172. The first-order chi connectivity index (χ1) is 9.32. The maximum absolute atomic E-state index is 11.7. The summed E-state index contributed by atoms with van der Waals surface area (Å²) in [5, 5.41) is 11.3. The van der Waals surface area contributed by atoms with Gasteiger partial charge in [0.1, 0.15) is 12.2 Å². The number of ether oxygens (including phenoxy) is 2. The average Bonchev–Trinajstić information content (AvgIpc) is 2.31. The van der Waals surface area contributed by atoms with Crippen LogP contribution in [0.25, 0.3) is 0 Å². The number of carboxylic acids is 1. The summed E-state index contributed by atoms with van der Waals surface area (Å²) in [6.07, 6.45) is 0. The first-order valence-corrected chi connectivity index (χ1v) is 6.79. The fourth-order valence-electron chi connectivity index (χ4n) is 1.89. The van der Waals surface area contributed by atoms with Crippen LogP contribution in [0.3, 0.4) is 0 Å². The number of nitrogens with one attached hydrogen (secondary N) is 1. The van der Waals surface area contributed by atoms with Crippen LogP contribution < -0.4 is 5.32 Å². The Kier molecular flexibility index (Phi) is 6.22. The van der Waals surface area contributed by atoms with E-state index in [2.05, 4.69) is 19.2 Å². The average molecular weight is 288 g/mol. The molecule has 20 heavy (non-hydrogen) atoms. The minimum atomic E-state index is -1.00. The topological polar surface area (TPSA) is 88.1 Å². The van der Waals surface area contributed by atoms with Gasteiger partial charge in [-0.3, -0.25) is 0 Å². The molecule has 1 fully saturated rings. The van der Waals surface area contributed by atoms with Gasteiger partial charge >= 0.3 is 12.0 Å². The van der Waals surface area contributed by atoms with Crippen LogP contribution in [0.5, 0.6) is 0 Å². The lowest BCUT2D eigenvalue weighted by atomic mass is 9.97. The predicted molar refractivity (Wildman–Crippen MR) is 72.6 cm³/mol. The molecule has 7 heteroatoms. The minimum absolute atomic E-state index is 0.172. The second-order valence-electron chi connectivity index (χ2n) is 5.69. The number of likely N-dealkylation sites (tertiary alicyclic amines) is 1. The summed E-state index contributed by atoms with van der Waals surface area (Å²) in [5.74, 6) is -0.524. The molecule has 0 aromatic rings. The lowest BCUT2D eigenvalue weighted by molar-refractivity contribution is -0.159. The zero-order valence-corrected chi connectivity index (χ0v) is 12.3. The normalized spacial score (nSPS) is 16.9. The van der Waals surface area contributed by atoms with Gasteiger partial charge in [0.25, 0.3) is 0 Å². The minimum Gasteiger partial charge on any atom is -0.480 e. The largest absolute Gasteiger partial charge is 0.480 e. The standard InChI is InChI=1S/C13H24N2O5/c1-10(2)6-19-5-4-14-12(18)15-8-13(3,9-15)20-7-11(16)17/h10H,4-9H2,1-3H3,(H,14,18)(H,16,17). The molecule has 0 bridgehead atoms. The molecule has 0 radical (unpaired) electrons. The van der Waals surface area contributed by atoms with Gasteiger partial charge in [-0.05, 0) is 12.8 Å². The highest BCUT2D eigenvalue weighted by atomic mass is 16.5. The zero-order chi connectivity index (χ0) is 15.2. The molecule has 1 saturated heterocycles. The van der Waals surface area contributed by atoms with Gasteiger partial charge in [-0.2, -0.15) is 0 Å². The van der Waals surface area contributed by atoms with E-state index in [4.69, 9.17) is 14.6 Å². The van der Waals surface area contributed by atoms with Crippen LogP contribution in [0, 0.1) is 5.92 Å². The number of aliphatic carboxylic acids is 1. The van der Waals surface area contributed by atoms with E-state index in [0.29, 0.717) is 38.8 Å². The van der Waals surface area contributed by atoms with Crippen LogP contribution in [0.1, 0.15) is 20.8 Å². The highest BCUT2D eigenvalue weighted by Gasteiger charge is 2.42. The van der Waals surface area contributed by atoms with E-state index in [1.54, 1.807) is 11.8 Å². The number of carboxylic acid groups (broad SMARTS) is 1. The van der Waals surface area contributed by atoms with Crippen molar-refractivity contribution in [1.82, 2.24) is 10.2 Å². The molecule has 1 aliphatic rings. The Morgan fingerprint density at radius 1 is 1.40 bits per heavy atom. The highest BCUT2D eigenvalue weighted by Crippen LogP contribution is 2.24. The fraction of sp³-hybridized carbons (Fsp3) is 0.846. The van der Waals surface area contributed by atoms with Gasteiger partial charge in [0, 0.05) is 13.2 Å². The van der Waals surface area contributed by atoms with E-state index in [0.717, 1.165) is 0 Å². The number of nitrogens with zero attached hydrogens (tertiary/aromatic N) is 1. The van der Waals surface area contributed by atoms with E-state index < -0.39 is 11.6 Å². The highest BCUT2D eigenvalue weighted by molar-refractivity contribution is 5.75. The third-order valence-electron chi connectivity index (χ3n) is 2.86. The van der Waals surface area contributed by atoms with Crippen LogP contribution >= 0.6 is 0 Å². The van der Waals surface area contributed by atoms with E-state index in [1.165, 1.54) is 0 Å². The van der Waals surface area contributed by atoms with E-state index >= 15 is 0 Å². The molecule has 0 unspecified atom stereocenters. The van der Waals surface area contributed by atoms with Crippen LogP contribution in [-0.2, 0) is 14.3 Å². The van der Waals surface area contributed by atoms with Crippen LogP contribution in [0.15, 0.2) is 0 Å². The molecule has 0 aromatic carbocycles. The first-order valence-electron chi connectivity index (χ1n) is 6.79. The summed E-state index contributed by atoms with van der Waals surface area (Å²) >= 11 is 0. The van der Waals surface area contributed by atoms with Crippen molar-refractivity contribution < 1.29 is 24.2 Å². The van der Waals surface area contributed by atoms with Crippen molar-refractivity contribution in [2.24, 2.45) is 5.92 Å². The summed E-state index contributed by atoms with van der Waals surface area (Å²) in [5.41, 5.74) is -0.552. The maximum Gasteiger partial charge on any atom is 0.329 e. The number of carbonyl (C=O) groups is 2. The summed E-state index contributed by atoms with van der Waals surface area (Å²) in [6.45, 7) is 8.03. The SMILES string of the molecule is CC(C)COCCNC(=O)N1CC(C)(OCC(=O)O)C1. The number of rotatable bonds is 8. The molecule has 0 atom stereocenters. The van der Waals surface area contributed by atoms with Gasteiger partial charge in [0.15, 0.2) is 0 Å². The van der Waals surface area contributed by atoms with Crippen LogP contribution in [0.2, 0.25) is 0 Å². The Hall–Kier alpha value is -1.34. The fourth-order valence-corrected chi connectivity index (χ4v) is 1.89. The van der Waals surface area contributed by atoms with Crippen LogP contribution in [-0.4, -0.2) is 67.1 Å². The van der Waals surface area contributed by atoms with Crippen molar-refractivity contribution in [2.45, 2.75) is 26.4 Å². The molecule has 0 aromatic heterocycles. The van der Waals surface area contributed by atoms with Crippen molar-refractivity contribution in [2.75, 3.05) is 39.5 Å².